The molecule has 0 unspecified atom stereocenters. The van der Waals surface area contributed by atoms with Crippen molar-refractivity contribution in [1.29, 1.82) is 0 Å². The van der Waals surface area contributed by atoms with Crippen LogP contribution in [0.15, 0.2) is 63.9 Å². The van der Waals surface area contributed by atoms with Crippen molar-refractivity contribution in [3.05, 3.63) is 70.8 Å². The number of nitrogens with zero attached hydrogens (tertiary/aromatic N) is 3. The molecule has 1 aromatic carbocycles. The highest BCUT2D eigenvalue weighted by atomic mass is 16.4. The second-order valence-corrected chi connectivity index (χ2v) is 4.03. The average Bonchev–Trinajstić information content (AvgIpc) is 2.82. The maximum atomic E-state index is 11.7. The predicted molar refractivity (Wildman–Crippen MR) is 69.5 cm³/mol. The summed E-state index contributed by atoms with van der Waals surface area (Å²) in [7, 11) is 0. The molecule has 19 heavy (non-hydrogen) atoms. The van der Waals surface area contributed by atoms with Crippen molar-refractivity contribution >= 4 is 0 Å². The summed E-state index contributed by atoms with van der Waals surface area (Å²) in [5, 5.41) is 4.15. The molecule has 0 N–H and O–H groups in total. The molecular weight excluding hydrogens is 242 g/mol. The molecule has 94 valence electrons. The minimum absolute atomic E-state index is 0.238. The summed E-state index contributed by atoms with van der Waals surface area (Å²) in [5.41, 5.74) is 1.54. The molecule has 0 spiro atoms. The Labute approximate surface area is 109 Å². The molecular formula is C14H11N3O2. The highest BCUT2D eigenvalue weighted by molar-refractivity contribution is 5.44. The van der Waals surface area contributed by atoms with Gasteiger partial charge in [0.05, 0.1) is 6.54 Å². The Hall–Kier alpha value is -2.69. The van der Waals surface area contributed by atoms with Crippen LogP contribution >= 0.6 is 0 Å². The molecule has 5 heteroatoms. The van der Waals surface area contributed by atoms with Gasteiger partial charge in [-0.25, -0.2) is 4.79 Å². The Morgan fingerprint density at radius 2 is 1.84 bits per heavy atom. The van der Waals surface area contributed by atoms with E-state index in [1.807, 2.05) is 36.4 Å². The fourth-order valence-corrected chi connectivity index (χ4v) is 1.76. The SMILES string of the molecule is O=c1oc(-c2ccccn2)nn1Cc1ccccc1. The molecule has 0 saturated carbocycles. The number of benzene rings is 1. The van der Waals surface area contributed by atoms with Crippen LogP contribution in [0.1, 0.15) is 5.56 Å². The first kappa shape index (κ1) is 11.4. The van der Waals surface area contributed by atoms with E-state index in [1.165, 1.54) is 4.68 Å². The van der Waals surface area contributed by atoms with Gasteiger partial charge in [0.15, 0.2) is 0 Å². The monoisotopic (exact) mass is 253 g/mol. The van der Waals surface area contributed by atoms with Crippen molar-refractivity contribution in [3.63, 3.8) is 0 Å². The maximum Gasteiger partial charge on any atom is 0.437 e. The van der Waals surface area contributed by atoms with Crippen LogP contribution in [0.5, 0.6) is 0 Å². The summed E-state index contributed by atoms with van der Waals surface area (Å²) in [4.78, 5) is 15.8. The van der Waals surface area contributed by atoms with Gasteiger partial charge in [0.2, 0.25) is 0 Å². The first-order valence-corrected chi connectivity index (χ1v) is 5.86. The zero-order chi connectivity index (χ0) is 13.1. The number of pyridine rings is 1. The molecule has 0 fully saturated rings. The summed E-state index contributed by atoms with van der Waals surface area (Å²) < 4.78 is 6.40. The lowest BCUT2D eigenvalue weighted by Crippen LogP contribution is -2.16. The molecule has 0 aliphatic heterocycles. The second-order valence-electron chi connectivity index (χ2n) is 4.03. The third-order valence-electron chi connectivity index (χ3n) is 2.67. The molecule has 0 bridgehead atoms. The van der Waals surface area contributed by atoms with Crippen LogP contribution in [0, 0.1) is 0 Å². The summed E-state index contributed by atoms with van der Waals surface area (Å²) in [6.45, 7) is 0.385. The van der Waals surface area contributed by atoms with E-state index in [1.54, 1.807) is 18.3 Å². The number of hydrogen-bond acceptors (Lipinski definition) is 4. The third-order valence-corrected chi connectivity index (χ3v) is 2.67. The summed E-state index contributed by atoms with van der Waals surface area (Å²) in [6.07, 6.45) is 1.63. The fraction of sp³-hybridized carbons (Fsp3) is 0.0714. The van der Waals surface area contributed by atoms with Crippen molar-refractivity contribution in [1.82, 2.24) is 14.8 Å². The summed E-state index contributed by atoms with van der Waals surface area (Å²) >= 11 is 0. The molecule has 3 rings (SSSR count). The Balaban J connectivity index is 1.93. The van der Waals surface area contributed by atoms with E-state index >= 15 is 0 Å². The van der Waals surface area contributed by atoms with E-state index in [2.05, 4.69) is 10.1 Å². The van der Waals surface area contributed by atoms with Crippen LogP contribution < -0.4 is 5.76 Å². The van der Waals surface area contributed by atoms with E-state index in [0.717, 1.165) is 5.56 Å². The van der Waals surface area contributed by atoms with Gasteiger partial charge in [0.25, 0.3) is 5.89 Å². The van der Waals surface area contributed by atoms with Crippen LogP contribution in [-0.2, 0) is 6.54 Å². The topological polar surface area (TPSA) is 60.9 Å². The maximum absolute atomic E-state index is 11.7. The summed E-state index contributed by atoms with van der Waals surface area (Å²) in [6, 6.07) is 15.0. The Morgan fingerprint density at radius 1 is 1.05 bits per heavy atom. The largest absolute Gasteiger partial charge is 0.437 e. The van der Waals surface area contributed by atoms with Crippen LogP contribution in [-0.4, -0.2) is 14.8 Å². The molecule has 0 saturated heterocycles. The van der Waals surface area contributed by atoms with E-state index in [-0.39, 0.29) is 5.89 Å². The lowest BCUT2D eigenvalue weighted by atomic mass is 10.2. The van der Waals surface area contributed by atoms with Gasteiger partial charge in [-0.1, -0.05) is 36.4 Å². The zero-order valence-corrected chi connectivity index (χ0v) is 10.1. The summed E-state index contributed by atoms with van der Waals surface area (Å²) in [5.74, 6) is -0.244. The van der Waals surface area contributed by atoms with Crippen molar-refractivity contribution in [2.75, 3.05) is 0 Å². The van der Waals surface area contributed by atoms with E-state index in [0.29, 0.717) is 12.2 Å². The Kier molecular flexibility index (Phi) is 2.94. The van der Waals surface area contributed by atoms with Crippen molar-refractivity contribution in [2.45, 2.75) is 6.54 Å². The lowest BCUT2D eigenvalue weighted by Gasteiger charge is -1.97. The Morgan fingerprint density at radius 3 is 2.58 bits per heavy atom. The standard InChI is InChI=1S/C14H11N3O2/c18-14-17(10-11-6-2-1-3-7-11)16-13(19-14)12-8-4-5-9-15-12/h1-9H,10H2. The van der Waals surface area contributed by atoms with Gasteiger partial charge in [0, 0.05) is 6.20 Å². The molecule has 0 radical (unpaired) electrons. The molecule has 5 nitrogen and oxygen atoms in total. The lowest BCUT2D eigenvalue weighted by molar-refractivity contribution is 0.494. The van der Waals surface area contributed by atoms with Gasteiger partial charge >= 0.3 is 5.76 Å². The van der Waals surface area contributed by atoms with E-state index < -0.39 is 5.76 Å². The number of aromatic nitrogens is 3. The van der Waals surface area contributed by atoms with Crippen LogP contribution in [0.25, 0.3) is 11.6 Å². The van der Waals surface area contributed by atoms with Crippen molar-refractivity contribution < 1.29 is 4.42 Å². The minimum Gasteiger partial charge on any atom is -0.386 e. The molecule has 0 aliphatic carbocycles. The van der Waals surface area contributed by atoms with Gasteiger partial charge in [-0.3, -0.25) is 4.98 Å². The van der Waals surface area contributed by atoms with Crippen LogP contribution in [0.4, 0.5) is 0 Å². The van der Waals surface area contributed by atoms with E-state index in [9.17, 15) is 4.79 Å². The van der Waals surface area contributed by atoms with Gasteiger partial charge in [-0.05, 0) is 17.7 Å². The minimum atomic E-state index is -0.482. The van der Waals surface area contributed by atoms with Crippen LogP contribution in [0.2, 0.25) is 0 Å². The van der Waals surface area contributed by atoms with Gasteiger partial charge in [0.1, 0.15) is 5.69 Å². The first-order valence-electron chi connectivity index (χ1n) is 5.86. The smallest absolute Gasteiger partial charge is 0.386 e. The second kappa shape index (κ2) is 4.89. The van der Waals surface area contributed by atoms with Crippen molar-refractivity contribution in [2.24, 2.45) is 0 Å². The molecule has 2 heterocycles. The van der Waals surface area contributed by atoms with Crippen LogP contribution in [0.3, 0.4) is 0 Å². The average molecular weight is 253 g/mol. The highest BCUT2D eigenvalue weighted by Gasteiger charge is 2.10. The molecule has 0 aliphatic rings. The Bertz CT molecular complexity index is 717. The highest BCUT2D eigenvalue weighted by Crippen LogP contribution is 2.11. The van der Waals surface area contributed by atoms with Gasteiger partial charge in [-0.15, -0.1) is 5.10 Å². The van der Waals surface area contributed by atoms with Gasteiger partial charge in [-0.2, -0.15) is 4.68 Å². The molecule has 3 aromatic rings. The third kappa shape index (κ3) is 2.44. The quantitative estimate of drug-likeness (QED) is 0.715. The molecule has 0 amide bonds. The first-order chi connectivity index (χ1) is 9.33. The molecule has 0 atom stereocenters. The molecule has 2 aromatic heterocycles. The normalized spacial score (nSPS) is 10.5. The zero-order valence-electron chi connectivity index (χ0n) is 10.1. The van der Waals surface area contributed by atoms with Crippen molar-refractivity contribution in [3.8, 4) is 11.6 Å². The number of rotatable bonds is 3. The van der Waals surface area contributed by atoms with Gasteiger partial charge < -0.3 is 4.42 Å². The number of hydrogen-bond donors (Lipinski definition) is 0. The van der Waals surface area contributed by atoms with E-state index in [4.69, 9.17) is 4.42 Å². The fourth-order valence-electron chi connectivity index (χ4n) is 1.76. The predicted octanol–water partition coefficient (Wildman–Crippen LogP) is 1.95.